The lowest BCUT2D eigenvalue weighted by atomic mass is 10.1. The number of aromatic nitrogens is 2. The molecule has 0 atom stereocenters. The summed E-state index contributed by atoms with van der Waals surface area (Å²) in [5, 5.41) is 19.4. The van der Waals surface area contributed by atoms with Gasteiger partial charge in [0.05, 0.1) is 5.39 Å². The van der Waals surface area contributed by atoms with E-state index in [1.54, 1.807) is 0 Å². The number of fused-ring (bicyclic) bond motifs is 1. The Morgan fingerprint density at radius 3 is 2.40 bits per heavy atom. The molecule has 2 heterocycles. The van der Waals surface area contributed by atoms with Gasteiger partial charge < -0.3 is 10.3 Å². The van der Waals surface area contributed by atoms with Crippen LogP contribution in [0.1, 0.15) is 38.1 Å². The Morgan fingerprint density at radius 1 is 1.35 bits per heavy atom. The van der Waals surface area contributed by atoms with Gasteiger partial charge in [0.2, 0.25) is 0 Å². The number of Topliss-reactive ketones (excluding diaryl/α,β-unsaturated/α-hetero) is 1. The van der Waals surface area contributed by atoms with E-state index in [0.717, 1.165) is 12.8 Å². The standard InChI is InChI=1S/C10H8N2O4.C4H10/c1-5(13)7-8(14)6-3-2-4-11-9(6)12(16)10(7)15;1-4(2)3/h2-4,14,16H,1H3;4H,1-3H3. The van der Waals surface area contributed by atoms with E-state index in [2.05, 4.69) is 25.8 Å². The van der Waals surface area contributed by atoms with Crippen molar-refractivity contribution in [2.24, 2.45) is 5.92 Å². The van der Waals surface area contributed by atoms with E-state index in [1.807, 2.05) is 0 Å². The van der Waals surface area contributed by atoms with Gasteiger partial charge in [0.15, 0.2) is 11.4 Å². The smallest absolute Gasteiger partial charge is 0.299 e. The number of hydrogen-bond donors (Lipinski definition) is 2. The summed E-state index contributed by atoms with van der Waals surface area (Å²) in [6.07, 6.45) is 1.36. The van der Waals surface area contributed by atoms with Gasteiger partial charge in [-0.05, 0) is 25.0 Å². The van der Waals surface area contributed by atoms with Gasteiger partial charge in [-0.2, -0.15) is 0 Å². The van der Waals surface area contributed by atoms with Crippen molar-refractivity contribution in [1.29, 1.82) is 0 Å². The Morgan fingerprint density at radius 2 is 1.90 bits per heavy atom. The van der Waals surface area contributed by atoms with Crippen molar-refractivity contribution in [2.75, 3.05) is 0 Å². The molecule has 6 nitrogen and oxygen atoms in total. The first kappa shape index (κ1) is 15.7. The number of carbonyl (C=O) groups excluding carboxylic acids is 1. The highest BCUT2D eigenvalue weighted by molar-refractivity contribution is 6.01. The number of ketones is 1. The van der Waals surface area contributed by atoms with Crippen LogP contribution in [0.4, 0.5) is 0 Å². The molecule has 2 aromatic rings. The lowest BCUT2D eigenvalue weighted by molar-refractivity contribution is 0.100. The van der Waals surface area contributed by atoms with Crippen LogP contribution in [0, 0.1) is 5.92 Å². The molecule has 0 aromatic carbocycles. The zero-order valence-corrected chi connectivity index (χ0v) is 11.9. The van der Waals surface area contributed by atoms with Crippen LogP contribution < -0.4 is 5.56 Å². The number of carbonyl (C=O) groups is 1. The van der Waals surface area contributed by atoms with Crippen molar-refractivity contribution < 1.29 is 15.1 Å². The lowest BCUT2D eigenvalue weighted by Gasteiger charge is -2.06. The second-order valence-electron chi connectivity index (χ2n) is 5.00. The molecule has 0 aliphatic heterocycles. The van der Waals surface area contributed by atoms with Crippen LogP contribution in [0.3, 0.4) is 0 Å². The van der Waals surface area contributed by atoms with E-state index < -0.39 is 22.7 Å². The van der Waals surface area contributed by atoms with Crippen molar-refractivity contribution in [1.82, 2.24) is 9.71 Å². The molecule has 6 heteroatoms. The summed E-state index contributed by atoms with van der Waals surface area (Å²) >= 11 is 0. The second-order valence-corrected chi connectivity index (χ2v) is 5.00. The minimum Gasteiger partial charge on any atom is -0.506 e. The van der Waals surface area contributed by atoms with Crippen LogP contribution in [0.25, 0.3) is 11.0 Å². The number of pyridine rings is 2. The van der Waals surface area contributed by atoms with Gasteiger partial charge in [-0.25, -0.2) is 4.98 Å². The summed E-state index contributed by atoms with van der Waals surface area (Å²) in [5.41, 5.74) is -1.51. The fraction of sp³-hybridized carbons (Fsp3) is 0.357. The Bertz CT molecular complexity index is 687. The zero-order valence-electron chi connectivity index (χ0n) is 11.9. The molecule has 20 heavy (non-hydrogen) atoms. The van der Waals surface area contributed by atoms with E-state index in [0.29, 0.717) is 0 Å². The topological polar surface area (TPSA) is 92.4 Å². The monoisotopic (exact) mass is 278 g/mol. The SMILES string of the molecule is CC(=O)c1c(O)c2cccnc2n(O)c1=O.CC(C)C. The van der Waals surface area contributed by atoms with Crippen LogP contribution in [0.2, 0.25) is 0 Å². The fourth-order valence-corrected chi connectivity index (χ4v) is 1.51. The van der Waals surface area contributed by atoms with Crippen LogP contribution in [-0.4, -0.2) is 25.8 Å². The third kappa shape index (κ3) is 3.14. The quantitative estimate of drug-likeness (QED) is 0.616. The number of hydrogen-bond acceptors (Lipinski definition) is 5. The van der Waals surface area contributed by atoms with Crippen LogP contribution >= 0.6 is 0 Å². The van der Waals surface area contributed by atoms with Gasteiger partial charge in [-0.15, -0.1) is 4.73 Å². The molecule has 0 unspecified atom stereocenters. The normalized spacial score (nSPS) is 10.2. The molecule has 0 aliphatic rings. The van der Waals surface area contributed by atoms with Crippen LogP contribution in [0.5, 0.6) is 5.75 Å². The summed E-state index contributed by atoms with van der Waals surface area (Å²) in [7, 11) is 0. The minimum absolute atomic E-state index is 0.0880. The summed E-state index contributed by atoms with van der Waals surface area (Å²) in [6.45, 7) is 7.64. The molecule has 2 rings (SSSR count). The molecular formula is C14H18N2O4. The maximum absolute atomic E-state index is 11.5. The van der Waals surface area contributed by atoms with Gasteiger partial charge in [0, 0.05) is 6.20 Å². The average molecular weight is 278 g/mol. The van der Waals surface area contributed by atoms with E-state index in [-0.39, 0.29) is 15.8 Å². The number of rotatable bonds is 1. The molecule has 0 saturated carbocycles. The third-order valence-corrected chi connectivity index (χ3v) is 2.24. The molecular weight excluding hydrogens is 260 g/mol. The predicted octanol–water partition coefficient (Wildman–Crippen LogP) is 2.20. The van der Waals surface area contributed by atoms with Crippen molar-refractivity contribution in [3.05, 3.63) is 34.2 Å². The van der Waals surface area contributed by atoms with Gasteiger partial charge in [-0.1, -0.05) is 20.8 Å². The summed E-state index contributed by atoms with van der Waals surface area (Å²) < 4.78 is 0.256. The van der Waals surface area contributed by atoms with E-state index in [1.165, 1.54) is 18.3 Å². The molecule has 0 amide bonds. The van der Waals surface area contributed by atoms with Crippen molar-refractivity contribution in [3.8, 4) is 5.75 Å². The number of nitrogens with zero attached hydrogens (tertiary/aromatic N) is 2. The summed E-state index contributed by atoms with van der Waals surface area (Å²) in [5.74, 6) is -0.234. The molecule has 0 bridgehead atoms. The molecule has 0 radical (unpaired) electrons. The Kier molecular flexibility index (Phi) is 4.85. The first-order chi connectivity index (χ1) is 9.27. The molecule has 0 aliphatic carbocycles. The van der Waals surface area contributed by atoms with Crippen molar-refractivity contribution in [2.45, 2.75) is 27.7 Å². The fourth-order valence-electron chi connectivity index (χ4n) is 1.51. The predicted molar refractivity (Wildman–Crippen MR) is 75.4 cm³/mol. The van der Waals surface area contributed by atoms with Crippen molar-refractivity contribution >= 4 is 16.8 Å². The van der Waals surface area contributed by atoms with E-state index in [9.17, 15) is 19.9 Å². The molecule has 0 spiro atoms. The van der Waals surface area contributed by atoms with Gasteiger partial charge in [0.1, 0.15) is 11.3 Å². The molecule has 0 fully saturated rings. The maximum Gasteiger partial charge on any atom is 0.299 e. The highest BCUT2D eigenvalue weighted by Gasteiger charge is 2.19. The van der Waals surface area contributed by atoms with Crippen molar-refractivity contribution in [3.63, 3.8) is 0 Å². The average Bonchev–Trinajstić information content (AvgIpc) is 2.35. The van der Waals surface area contributed by atoms with Crippen LogP contribution in [-0.2, 0) is 0 Å². The third-order valence-electron chi connectivity index (χ3n) is 2.24. The highest BCUT2D eigenvalue weighted by Crippen LogP contribution is 2.24. The second kappa shape index (κ2) is 6.18. The lowest BCUT2D eigenvalue weighted by Crippen LogP contribution is -2.25. The molecule has 108 valence electrons. The van der Waals surface area contributed by atoms with E-state index in [4.69, 9.17) is 0 Å². The number of aromatic hydroxyl groups is 1. The van der Waals surface area contributed by atoms with Crippen LogP contribution in [0.15, 0.2) is 23.1 Å². The van der Waals surface area contributed by atoms with E-state index >= 15 is 0 Å². The highest BCUT2D eigenvalue weighted by atomic mass is 16.5. The Labute approximate surface area is 116 Å². The maximum atomic E-state index is 11.5. The summed E-state index contributed by atoms with van der Waals surface area (Å²) in [6, 6.07) is 2.98. The van der Waals surface area contributed by atoms with Gasteiger partial charge in [0.25, 0.3) is 5.56 Å². The molecule has 0 saturated heterocycles. The zero-order chi connectivity index (χ0) is 15.4. The Hall–Kier alpha value is -2.37. The Balaban J connectivity index is 0.000000444. The van der Waals surface area contributed by atoms with Gasteiger partial charge in [-0.3, -0.25) is 9.59 Å². The van der Waals surface area contributed by atoms with Gasteiger partial charge >= 0.3 is 0 Å². The first-order valence-corrected chi connectivity index (χ1v) is 6.20. The minimum atomic E-state index is -0.976. The molecule has 2 aromatic heterocycles. The summed E-state index contributed by atoms with van der Waals surface area (Å²) in [4.78, 5) is 26.5. The molecule has 2 N–H and O–H groups in total. The first-order valence-electron chi connectivity index (χ1n) is 6.20. The largest absolute Gasteiger partial charge is 0.506 e.